The molecular formula is C18H18Cl2N3OS+. The maximum Gasteiger partial charge on any atom is 0.224 e. The van der Waals surface area contributed by atoms with Crippen molar-refractivity contribution >= 4 is 46.7 Å². The molecule has 130 valence electrons. The summed E-state index contributed by atoms with van der Waals surface area (Å²) in [6.07, 6.45) is 3.48. The monoisotopic (exact) mass is 394 g/mol. The van der Waals surface area contributed by atoms with Crippen LogP contribution < -0.4 is 20.6 Å². The maximum atomic E-state index is 6.17. The fourth-order valence-electron chi connectivity index (χ4n) is 1.94. The Morgan fingerprint density at radius 1 is 1.16 bits per heavy atom. The number of rotatable bonds is 7. The predicted octanol–water partition coefficient (Wildman–Crippen LogP) is 2.64. The zero-order chi connectivity index (χ0) is 18.1. The van der Waals surface area contributed by atoms with Gasteiger partial charge in [0.1, 0.15) is 12.4 Å². The molecule has 0 amide bonds. The number of thiocarbonyl (C=S) groups is 1. The van der Waals surface area contributed by atoms with E-state index >= 15 is 0 Å². The number of para-hydroxylation sites is 1. The third-order valence-electron chi connectivity index (χ3n) is 3.17. The molecule has 3 N–H and O–H groups in total. The average molecular weight is 395 g/mol. The lowest BCUT2D eigenvalue weighted by Gasteiger charge is -2.10. The third kappa shape index (κ3) is 6.05. The lowest BCUT2D eigenvalue weighted by atomic mass is 10.2. The van der Waals surface area contributed by atoms with Crippen LogP contribution in [0.3, 0.4) is 0 Å². The van der Waals surface area contributed by atoms with Crippen molar-refractivity contribution in [2.45, 2.75) is 6.61 Å². The standard InChI is InChI=1S/C18H17Cl2N3OS/c1-2-10-21-18(25)23-22-11-13-6-3-4-9-17(13)24-12-14-15(19)7-5-8-16(14)20/h2-9,11H,1,10,12H2,(H2,21,23,25)/p+1. The lowest BCUT2D eigenvalue weighted by Crippen LogP contribution is -2.82. The summed E-state index contributed by atoms with van der Waals surface area (Å²) in [5.41, 5.74) is 4.46. The Balaban J connectivity index is 2.03. The van der Waals surface area contributed by atoms with Gasteiger partial charge in [0.15, 0.2) is 0 Å². The second-order valence-corrected chi connectivity index (χ2v) is 6.16. The van der Waals surface area contributed by atoms with E-state index in [2.05, 4.69) is 22.4 Å². The first kappa shape index (κ1) is 19.2. The topological polar surface area (TPSA) is 47.3 Å². The molecule has 0 aliphatic carbocycles. The molecule has 0 aromatic heterocycles. The van der Waals surface area contributed by atoms with Crippen LogP contribution in [0.25, 0.3) is 0 Å². The molecule has 0 unspecified atom stereocenters. The molecule has 2 aromatic rings. The van der Waals surface area contributed by atoms with Gasteiger partial charge < -0.3 is 10.1 Å². The molecule has 0 atom stereocenters. The summed E-state index contributed by atoms with van der Waals surface area (Å²) < 4.78 is 5.88. The zero-order valence-corrected chi connectivity index (χ0v) is 15.7. The maximum absolute atomic E-state index is 6.17. The molecule has 0 radical (unpaired) electrons. The van der Waals surface area contributed by atoms with Crippen molar-refractivity contribution < 1.29 is 9.84 Å². The van der Waals surface area contributed by atoms with E-state index < -0.39 is 0 Å². The second-order valence-electron chi connectivity index (χ2n) is 4.94. The van der Waals surface area contributed by atoms with Crippen molar-refractivity contribution in [1.82, 2.24) is 10.7 Å². The summed E-state index contributed by atoms with van der Waals surface area (Å²) in [6, 6.07) is 13.0. The van der Waals surface area contributed by atoms with Crippen molar-refractivity contribution in [2.75, 3.05) is 6.54 Å². The van der Waals surface area contributed by atoms with Gasteiger partial charge in [0.2, 0.25) is 11.3 Å². The number of hydrogen-bond donors (Lipinski definition) is 3. The van der Waals surface area contributed by atoms with Crippen LogP contribution in [0.1, 0.15) is 11.1 Å². The van der Waals surface area contributed by atoms with Crippen molar-refractivity contribution in [2.24, 2.45) is 0 Å². The van der Waals surface area contributed by atoms with Gasteiger partial charge in [-0.15, -0.1) is 17.1 Å². The summed E-state index contributed by atoms with van der Waals surface area (Å²) in [4.78, 5) is 0. The van der Waals surface area contributed by atoms with E-state index in [1.165, 1.54) is 0 Å². The van der Waals surface area contributed by atoms with Gasteiger partial charge in [0.25, 0.3) is 0 Å². The molecule has 0 fully saturated rings. The van der Waals surface area contributed by atoms with E-state index in [-0.39, 0.29) is 6.61 Å². The quantitative estimate of drug-likeness (QED) is 0.292. The van der Waals surface area contributed by atoms with Crippen LogP contribution in [0.5, 0.6) is 5.75 Å². The van der Waals surface area contributed by atoms with Gasteiger partial charge >= 0.3 is 0 Å². The molecule has 4 nitrogen and oxygen atoms in total. The molecule has 0 saturated carbocycles. The smallest absolute Gasteiger partial charge is 0.224 e. The number of hydrogen-bond acceptors (Lipinski definition) is 2. The predicted molar refractivity (Wildman–Crippen MR) is 107 cm³/mol. The van der Waals surface area contributed by atoms with Crippen LogP contribution in [0.2, 0.25) is 10.0 Å². The van der Waals surface area contributed by atoms with Crippen LogP contribution in [0, 0.1) is 0 Å². The average Bonchev–Trinajstić information content (AvgIpc) is 2.60. The highest BCUT2D eigenvalue weighted by Crippen LogP contribution is 2.26. The zero-order valence-electron chi connectivity index (χ0n) is 13.4. The Labute approximate surface area is 162 Å². The lowest BCUT2D eigenvalue weighted by molar-refractivity contribution is -0.500. The first-order valence-electron chi connectivity index (χ1n) is 7.50. The van der Waals surface area contributed by atoms with Crippen LogP contribution in [-0.4, -0.2) is 17.9 Å². The highest BCUT2D eigenvalue weighted by molar-refractivity contribution is 7.80. The van der Waals surface area contributed by atoms with Gasteiger partial charge in [-0.1, -0.05) is 47.5 Å². The molecule has 2 rings (SSSR count). The minimum atomic E-state index is 0.274. The largest absolute Gasteiger partial charge is 0.488 e. The molecule has 0 bridgehead atoms. The number of halogens is 2. The Morgan fingerprint density at radius 2 is 1.88 bits per heavy atom. The fraction of sp³-hybridized carbons (Fsp3) is 0.111. The van der Waals surface area contributed by atoms with Crippen molar-refractivity contribution in [3.8, 4) is 5.75 Å². The van der Waals surface area contributed by atoms with Crippen molar-refractivity contribution in [3.05, 3.63) is 76.3 Å². The van der Waals surface area contributed by atoms with Gasteiger partial charge in [-0.05, 0) is 36.5 Å². The Hall–Kier alpha value is -2.08. The SMILES string of the molecule is C=CCNC(=S)N[NH+]=Cc1ccccc1OCc1c(Cl)cccc1Cl. The molecule has 25 heavy (non-hydrogen) atoms. The molecule has 7 heteroatoms. The highest BCUT2D eigenvalue weighted by Gasteiger charge is 2.09. The fourth-order valence-corrected chi connectivity index (χ4v) is 2.59. The van der Waals surface area contributed by atoms with E-state index in [1.54, 1.807) is 30.5 Å². The third-order valence-corrected chi connectivity index (χ3v) is 4.13. The van der Waals surface area contributed by atoms with Gasteiger partial charge in [0, 0.05) is 22.2 Å². The van der Waals surface area contributed by atoms with Crippen molar-refractivity contribution in [1.29, 1.82) is 0 Å². The van der Waals surface area contributed by atoms with Crippen LogP contribution in [0.15, 0.2) is 55.1 Å². The highest BCUT2D eigenvalue weighted by atomic mass is 35.5. The molecule has 2 aromatic carbocycles. The van der Waals surface area contributed by atoms with Crippen LogP contribution in [0.4, 0.5) is 0 Å². The van der Waals surface area contributed by atoms with Gasteiger partial charge in [-0.2, -0.15) is 0 Å². The normalized spacial score (nSPS) is 10.5. The van der Waals surface area contributed by atoms with E-state index in [0.717, 1.165) is 11.1 Å². The van der Waals surface area contributed by atoms with E-state index in [4.69, 9.17) is 40.2 Å². The Morgan fingerprint density at radius 3 is 2.60 bits per heavy atom. The number of ether oxygens (including phenoxy) is 1. The summed E-state index contributed by atoms with van der Waals surface area (Å²) >= 11 is 17.4. The summed E-state index contributed by atoms with van der Waals surface area (Å²) in [7, 11) is 0. The van der Waals surface area contributed by atoms with Gasteiger partial charge in [-0.3, -0.25) is 0 Å². The number of hydrazone groups is 1. The number of benzene rings is 2. The molecule has 0 aliphatic rings. The van der Waals surface area contributed by atoms with Crippen LogP contribution in [-0.2, 0) is 6.61 Å². The number of nitrogens with one attached hydrogen (secondary N) is 3. The summed E-state index contributed by atoms with van der Waals surface area (Å²) in [6.45, 7) is 4.48. The molecule has 0 spiro atoms. The molecular weight excluding hydrogens is 377 g/mol. The molecule has 0 saturated heterocycles. The van der Waals surface area contributed by atoms with E-state index in [0.29, 0.717) is 27.5 Å². The van der Waals surface area contributed by atoms with E-state index in [1.807, 2.05) is 24.3 Å². The number of hydrazine groups is 1. The van der Waals surface area contributed by atoms with Gasteiger partial charge in [-0.25, -0.2) is 0 Å². The minimum absolute atomic E-state index is 0.274. The molecule has 0 heterocycles. The first-order chi connectivity index (χ1) is 12.1. The van der Waals surface area contributed by atoms with Crippen molar-refractivity contribution in [3.63, 3.8) is 0 Å². The first-order valence-corrected chi connectivity index (χ1v) is 8.66. The molecule has 0 aliphatic heterocycles. The second kappa shape index (κ2) is 10.0. The Kier molecular flexibility index (Phi) is 7.73. The summed E-state index contributed by atoms with van der Waals surface area (Å²) in [5.74, 6) is 0.692. The van der Waals surface area contributed by atoms with Gasteiger partial charge in [0.05, 0.1) is 5.56 Å². The summed E-state index contributed by atoms with van der Waals surface area (Å²) in [5, 5.41) is 7.50. The Bertz CT molecular complexity index is 760. The van der Waals surface area contributed by atoms with E-state index in [9.17, 15) is 0 Å². The minimum Gasteiger partial charge on any atom is -0.488 e. The van der Waals surface area contributed by atoms with Crippen LogP contribution >= 0.6 is 35.4 Å².